The molecule has 0 radical (unpaired) electrons. The van der Waals surface area contributed by atoms with Crippen molar-refractivity contribution in [2.45, 2.75) is 31.0 Å². The number of carbonyl (C=O) groups is 1. The van der Waals surface area contributed by atoms with Gasteiger partial charge in [-0.15, -0.1) is 11.3 Å². The molecule has 1 N–H and O–H groups in total. The van der Waals surface area contributed by atoms with E-state index in [1.54, 1.807) is 11.6 Å². The maximum Gasteiger partial charge on any atom is 0.255 e. The molecule has 1 aromatic heterocycles. The fourth-order valence-corrected chi connectivity index (χ4v) is 5.70. The number of fused-ring (bicyclic) bond motifs is 1. The third-order valence-corrected chi connectivity index (χ3v) is 7.37. The number of morpholine rings is 1. The molecule has 3 aromatic rings. The highest BCUT2D eigenvalue weighted by atomic mass is 32.2. The van der Waals surface area contributed by atoms with Crippen LogP contribution in [0.25, 0.3) is 10.2 Å². The minimum atomic E-state index is -3.63. The molecule has 152 valence electrons. The molecule has 1 aliphatic rings. The fraction of sp³-hybridized carbons (Fsp3) is 0.300. The lowest BCUT2D eigenvalue weighted by Crippen LogP contribution is -2.48. The van der Waals surface area contributed by atoms with Crippen molar-refractivity contribution in [1.29, 1.82) is 0 Å². The summed E-state index contributed by atoms with van der Waals surface area (Å²) in [5.74, 6) is -0.300. The third-order valence-electron chi connectivity index (χ3n) is 4.73. The van der Waals surface area contributed by atoms with E-state index in [9.17, 15) is 13.2 Å². The average molecular weight is 432 g/mol. The lowest BCUT2D eigenvalue weighted by molar-refractivity contribution is -0.0440. The minimum Gasteiger partial charge on any atom is -0.373 e. The molecular formula is C20H21N3O4S2. The number of hydrogen-bond acceptors (Lipinski definition) is 6. The van der Waals surface area contributed by atoms with E-state index < -0.39 is 10.0 Å². The number of nitrogens with zero attached hydrogens (tertiary/aromatic N) is 2. The predicted molar refractivity (Wildman–Crippen MR) is 113 cm³/mol. The second kappa shape index (κ2) is 7.83. The van der Waals surface area contributed by atoms with Crippen LogP contribution in [-0.2, 0) is 14.8 Å². The van der Waals surface area contributed by atoms with E-state index in [0.29, 0.717) is 24.3 Å². The van der Waals surface area contributed by atoms with Crippen LogP contribution in [0.5, 0.6) is 0 Å². The van der Waals surface area contributed by atoms with Crippen LogP contribution in [0.1, 0.15) is 24.2 Å². The summed E-state index contributed by atoms with van der Waals surface area (Å²) >= 11 is 1.50. The number of nitrogens with one attached hydrogen (secondary N) is 1. The molecule has 1 fully saturated rings. The van der Waals surface area contributed by atoms with Crippen molar-refractivity contribution < 1.29 is 17.9 Å². The van der Waals surface area contributed by atoms with Crippen LogP contribution >= 0.6 is 11.3 Å². The monoisotopic (exact) mass is 431 g/mol. The van der Waals surface area contributed by atoms with E-state index >= 15 is 0 Å². The first kappa shape index (κ1) is 20.0. The van der Waals surface area contributed by atoms with Gasteiger partial charge in [0.05, 0.1) is 32.8 Å². The number of thiazole rings is 1. The summed E-state index contributed by atoms with van der Waals surface area (Å²) in [5.41, 5.74) is 3.69. The molecule has 29 heavy (non-hydrogen) atoms. The highest BCUT2D eigenvalue weighted by Crippen LogP contribution is 2.24. The van der Waals surface area contributed by atoms with Gasteiger partial charge in [0.25, 0.3) is 5.91 Å². The summed E-state index contributed by atoms with van der Waals surface area (Å²) < 4.78 is 33.9. The maximum atomic E-state index is 12.9. The van der Waals surface area contributed by atoms with Crippen LogP contribution in [0.4, 0.5) is 5.69 Å². The van der Waals surface area contributed by atoms with Crippen molar-refractivity contribution in [2.75, 3.05) is 18.4 Å². The minimum absolute atomic E-state index is 0.158. The fourth-order valence-electron chi connectivity index (χ4n) is 3.39. The molecule has 0 aliphatic carbocycles. The maximum absolute atomic E-state index is 12.9. The lowest BCUT2D eigenvalue weighted by Gasteiger charge is -2.34. The SMILES string of the molecule is CC1CN(S(=O)(=O)c2ccc(C(=O)Nc3ccc4ncsc4c3)cc2)CC(C)O1. The molecule has 0 spiro atoms. The zero-order chi connectivity index (χ0) is 20.6. The number of anilines is 1. The topological polar surface area (TPSA) is 88.6 Å². The number of benzene rings is 2. The van der Waals surface area contributed by atoms with Crippen LogP contribution in [0, 0.1) is 0 Å². The number of ether oxygens (including phenoxy) is 1. The average Bonchev–Trinajstić information content (AvgIpc) is 3.15. The zero-order valence-electron chi connectivity index (χ0n) is 16.0. The Balaban J connectivity index is 1.50. The number of hydrogen-bond donors (Lipinski definition) is 1. The second-order valence-electron chi connectivity index (χ2n) is 7.09. The summed E-state index contributed by atoms with van der Waals surface area (Å²) in [5, 5.41) is 2.84. The van der Waals surface area contributed by atoms with Gasteiger partial charge < -0.3 is 10.1 Å². The molecule has 2 heterocycles. The van der Waals surface area contributed by atoms with E-state index in [1.807, 2.05) is 26.0 Å². The summed E-state index contributed by atoms with van der Waals surface area (Å²) in [6.07, 6.45) is -0.316. The number of aromatic nitrogens is 1. The quantitative estimate of drug-likeness (QED) is 0.684. The standard InChI is InChI=1S/C20H21N3O4S2/c1-13-10-23(11-14(2)27-13)29(25,26)17-6-3-15(4-7-17)20(24)22-16-5-8-18-19(9-16)28-12-21-18/h3-9,12-14H,10-11H2,1-2H3,(H,22,24). The molecule has 1 saturated heterocycles. The van der Waals surface area contributed by atoms with Gasteiger partial charge in [-0.3, -0.25) is 4.79 Å². The molecule has 1 aliphatic heterocycles. The number of sulfonamides is 1. The van der Waals surface area contributed by atoms with E-state index in [0.717, 1.165) is 10.2 Å². The van der Waals surface area contributed by atoms with Crippen molar-refractivity contribution in [1.82, 2.24) is 9.29 Å². The van der Waals surface area contributed by atoms with E-state index in [-0.39, 0.29) is 23.0 Å². The van der Waals surface area contributed by atoms with Gasteiger partial charge in [-0.25, -0.2) is 13.4 Å². The van der Waals surface area contributed by atoms with E-state index in [4.69, 9.17) is 4.74 Å². The van der Waals surface area contributed by atoms with Gasteiger partial charge in [0.1, 0.15) is 0 Å². The van der Waals surface area contributed by atoms with Gasteiger partial charge in [0.15, 0.2) is 0 Å². The Morgan fingerprint density at radius 3 is 2.52 bits per heavy atom. The molecule has 1 amide bonds. The summed E-state index contributed by atoms with van der Waals surface area (Å²) in [7, 11) is -3.63. The highest BCUT2D eigenvalue weighted by Gasteiger charge is 2.32. The van der Waals surface area contributed by atoms with Crippen molar-refractivity contribution >= 4 is 43.2 Å². The molecule has 4 rings (SSSR count). The lowest BCUT2D eigenvalue weighted by atomic mass is 10.2. The van der Waals surface area contributed by atoms with Gasteiger partial charge in [-0.05, 0) is 56.3 Å². The molecule has 2 aromatic carbocycles. The molecular weight excluding hydrogens is 410 g/mol. The van der Waals surface area contributed by atoms with Crippen LogP contribution in [0.15, 0.2) is 52.9 Å². The van der Waals surface area contributed by atoms with Crippen molar-refractivity contribution in [3.63, 3.8) is 0 Å². The third kappa shape index (κ3) is 4.18. The Morgan fingerprint density at radius 2 is 1.83 bits per heavy atom. The van der Waals surface area contributed by atoms with Crippen LogP contribution < -0.4 is 5.32 Å². The van der Waals surface area contributed by atoms with Crippen molar-refractivity contribution in [3.8, 4) is 0 Å². The first-order valence-corrected chi connectivity index (χ1v) is 11.5. The first-order chi connectivity index (χ1) is 13.8. The number of amides is 1. The summed E-state index contributed by atoms with van der Waals surface area (Å²) in [4.78, 5) is 16.9. The van der Waals surface area contributed by atoms with Crippen LogP contribution in [0.3, 0.4) is 0 Å². The Bertz CT molecular complexity index is 1130. The first-order valence-electron chi connectivity index (χ1n) is 9.23. The van der Waals surface area contributed by atoms with Crippen LogP contribution in [0.2, 0.25) is 0 Å². The smallest absolute Gasteiger partial charge is 0.255 e. The second-order valence-corrected chi connectivity index (χ2v) is 9.92. The van der Waals surface area contributed by atoms with Gasteiger partial charge in [-0.2, -0.15) is 4.31 Å². The van der Waals surface area contributed by atoms with Gasteiger partial charge in [0, 0.05) is 24.3 Å². The Kier molecular flexibility index (Phi) is 5.39. The van der Waals surface area contributed by atoms with Gasteiger partial charge in [0.2, 0.25) is 10.0 Å². The molecule has 7 nitrogen and oxygen atoms in total. The molecule has 0 saturated carbocycles. The Hall–Kier alpha value is -2.33. The Labute approximate surface area is 173 Å². The number of carbonyl (C=O) groups excluding carboxylic acids is 1. The van der Waals surface area contributed by atoms with Gasteiger partial charge in [-0.1, -0.05) is 0 Å². The predicted octanol–water partition coefficient (Wildman–Crippen LogP) is 3.35. The summed E-state index contributed by atoms with van der Waals surface area (Å²) in [6.45, 7) is 4.34. The zero-order valence-corrected chi connectivity index (χ0v) is 17.7. The summed E-state index contributed by atoms with van der Waals surface area (Å²) in [6, 6.07) is 11.5. The molecule has 2 atom stereocenters. The van der Waals surface area contributed by atoms with E-state index in [2.05, 4.69) is 10.3 Å². The molecule has 0 bridgehead atoms. The van der Waals surface area contributed by atoms with Gasteiger partial charge >= 0.3 is 0 Å². The largest absolute Gasteiger partial charge is 0.373 e. The van der Waals surface area contributed by atoms with Crippen molar-refractivity contribution in [2.24, 2.45) is 0 Å². The van der Waals surface area contributed by atoms with Crippen LogP contribution in [-0.4, -0.2) is 48.9 Å². The van der Waals surface area contributed by atoms with Crippen molar-refractivity contribution in [3.05, 3.63) is 53.5 Å². The number of rotatable bonds is 4. The highest BCUT2D eigenvalue weighted by molar-refractivity contribution is 7.89. The normalized spacial score (nSPS) is 20.6. The Morgan fingerprint density at radius 1 is 1.14 bits per heavy atom. The molecule has 9 heteroatoms. The van der Waals surface area contributed by atoms with E-state index in [1.165, 1.54) is 39.9 Å². The molecule has 2 unspecified atom stereocenters.